The molecular weight excluding hydrogens is 347 g/mol. The van der Waals surface area contributed by atoms with E-state index < -0.39 is 23.6 Å². The Bertz CT molecular complexity index is 744. The molecule has 0 spiro atoms. The van der Waals surface area contributed by atoms with Crippen LogP contribution in [0.4, 0.5) is 4.79 Å². The number of nitrogens with zero attached hydrogens (tertiary/aromatic N) is 2. The van der Waals surface area contributed by atoms with Crippen molar-refractivity contribution in [2.45, 2.75) is 26.4 Å². The van der Waals surface area contributed by atoms with E-state index in [0.29, 0.717) is 0 Å². The SMILES string of the molecule is CCOC(=O)C1=C(Cn2ncc(Cl)c(Cl)c2=O)NC(=O)NC1C. The number of rotatable bonds is 4. The van der Waals surface area contributed by atoms with Crippen LogP contribution < -0.4 is 16.2 Å². The summed E-state index contributed by atoms with van der Waals surface area (Å²) in [6.45, 7) is 3.33. The van der Waals surface area contributed by atoms with Gasteiger partial charge in [0.15, 0.2) is 0 Å². The molecule has 1 aromatic heterocycles. The molecule has 23 heavy (non-hydrogen) atoms. The van der Waals surface area contributed by atoms with Gasteiger partial charge >= 0.3 is 12.0 Å². The highest BCUT2D eigenvalue weighted by Gasteiger charge is 2.30. The number of halogens is 2. The van der Waals surface area contributed by atoms with Gasteiger partial charge in [-0.3, -0.25) is 4.79 Å². The Hall–Kier alpha value is -2.06. The zero-order chi connectivity index (χ0) is 17.1. The number of nitrogens with one attached hydrogen (secondary N) is 2. The molecule has 1 aromatic rings. The van der Waals surface area contributed by atoms with Crippen LogP contribution in [-0.2, 0) is 16.1 Å². The summed E-state index contributed by atoms with van der Waals surface area (Å²) in [5, 5.41) is 8.74. The standard InChI is InChI=1S/C13H14Cl2N4O4/c1-3-23-12(21)9-6(2)17-13(22)18-8(9)5-19-11(20)10(15)7(14)4-16-19/h4,6H,3,5H2,1-2H3,(H2,17,18,22). The maximum absolute atomic E-state index is 12.1. The third-order valence-corrected chi connectivity index (χ3v) is 3.86. The van der Waals surface area contributed by atoms with Crippen LogP contribution in [0.1, 0.15) is 13.8 Å². The van der Waals surface area contributed by atoms with Gasteiger partial charge in [-0.1, -0.05) is 23.2 Å². The van der Waals surface area contributed by atoms with Crippen LogP contribution in [0.2, 0.25) is 10.0 Å². The van der Waals surface area contributed by atoms with Gasteiger partial charge in [0.1, 0.15) is 5.02 Å². The third-order valence-electron chi connectivity index (χ3n) is 3.12. The number of ether oxygens (including phenoxy) is 1. The molecule has 0 fully saturated rings. The molecule has 8 nitrogen and oxygen atoms in total. The highest BCUT2D eigenvalue weighted by molar-refractivity contribution is 6.41. The minimum atomic E-state index is -0.629. The second-order valence-electron chi connectivity index (χ2n) is 4.70. The van der Waals surface area contributed by atoms with Crippen LogP contribution >= 0.6 is 23.2 Å². The van der Waals surface area contributed by atoms with E-state index in [1.165, 1.54) is 6.20 Å². The van der Waals surface area contributed by atoms with Gasteiger partial charge in [-0.05, 0) is 13.8 Å². The van der Waals surface area contributed by atoms with E-state index in [9.17, 15) is 14.4 Å². The number of allylic oxidation sites excluding steroid dienone is 1. The van der Waals surface area contributed by atoms with E-state index in [4.69, 9.17) is 27.9 Å². The zero-order valence-electron chi connectivity index (χ0n) is 12.4. The molecule has 0 aliphatic carbocycles. The first-order chi connectivity index (χ1) is 10.8. The molecule has 10 heteroatoms. The summed E-state index contributed by atoms with van der Waals surface area (Å²) in [6, 6.07) is -1.06. The van der Waals surface area contributed by atoms with Crippen molar-refractivity contribution in [1.82, 2.24) is 20.4 Å². The first kappa shape index (κ1) is 17.3. The first-order valence-electron chi connectivity index (χ1n) is 6.74. The minimum Gasteiger partial charge on any atom is -0.463 e. The number of amides is 2. The zero-order valence-corrected chi connectivity index (χ0v) is 13.9. The van der Waals surface area contributed by atoms with Crippen LogP contribution in [0.25, 0.3) is 0 Å². The van der Waals surface area contributed by atoms with Gasteiger partial charge in [0.2, 0.25) is 0 Å². The summed E-state index contributed by atoms with van der Waals surface area (Å²) >= 11 is 11.5. The second-order valence-corrected chi connectivity index (χ2v) is 5.49. The second kappa shape index (κ2) is 7.01. The predicted molar refractivity (Wildman–Crippen MR) is 83.3 cm³/mol. The number of carbonyl (C=O) groups is 2. The van der Waals surface area contributed by atoms with Gasteiger partial charge in [-0.25, -0.2) is 14.3 Å². The minimum absolute atomic E-state index is 0.0234. The molecule has 2 N–H and O–H groups in total. The van der Waals surface area contributed by atoms with E-state index in [2.05, 4.69) is 15.7 Å². The summed E-state index contributed by atoms with van der Waals surface area (Å²) < 4.78 is 5.99. The third kappa shape index (κ3) is 3.65. The highest BCUT2D eigenvalue weighted by atomic mass is 35.5. The Morgan fingerprint density at radius 2 is 2.13 bits per heavy atom. The van der Waals surface area contributed by atoms with Crippen LogP contribution in [0.15, 0.2) is 22.3 Å². The van der Waals surface area contributed by atoms with Crippen LogP contribution in [0, 0.1) is 0 Å². The maximum atomic E-state index is 12.1. The average Bonchev–Trinajstić information content (AvgIpc) is 2.47. The maximum Gasteiger partial charge on any atom is 0.337 e. The van der Waals surface area contributed by atoms with Crippen LogP contribution in [0.3, 0.4) is 0 Å². The molecule has 124 valence electrons. The van der Waals surface area contributed by atoms with Crippen molar-refractivity contribution in [3.63, 3.8) is 0 Å². The van der Waals surface area contributed by atoms with E-state index >= 15 is 0 Å². The van der Waals surface area contributed by atoms with Gasteiger partial charge < -0.3 is 15.4 Å². The van der Waals surface area contributed by atoms with Crippen LogP contribution in [-0.4, -0.2) is 34.4 Å². The smallest absolute Gasteiger partial charge is 0.337 e. The molecule has 0 saturated carbocycles. The molecular formula is C13H14Cl2N4O4. The van der Waals surface area contributed by atoms with Crippen molar-refractivity contribution in [2.75, 3.05) is 6.61 Å². The van der Waals surface area contributed by atoms with Crippen LogP contribution in [0.5, 0.6) is 0 Å². The summed E-state index contributed by atoms with van der Waals surface area (Å²) in [7, 11) is 0. The Balaban J connectivity index is 2.45. The summed E-state index contributed by atoms with van der Waals surface area (Å²) in [5.74, 6) is -0.587. The normalized spacial score (nSPS) is 17.6. The Kier molecular flexibility index (Phi) is 5.27. The lowest BCUT2D eigenvalue weighted by Crippen LogP contribution is -2.50. The van der Waals surface area contributed by atoms with Gasteiger partial charge in [0, 0.05) is 0 Å². The average molecular weight is 361 g/mol. The topological polar surface area (TPSA) is 102 Å². The number of urea groups is 1. The number of hydrogen-bond acceptors (Lipinski definition) is 5. The summed E-state index contributed by atoms with van der Waals surface area (Å²) in [5.41, 5.74) is -0.200. The predicted octanol–water partition coefficient (Wildman–Crippen LogP) is 1.07. The molecule has 1 unspecified atom stereocenters. The Labute approximate surface area is 141 Å². The Morgan fingerprint density at radius 1 is 1.43 bits per heavy atom. The molecule has 0 saturated heterocycles. The number of aromatic nitrogens is 2. The number of esters is 1. The molecule has 1 atom stereocenters. The van der Waals surface area contributed by atoms with E-state index in [1.54, 1.807) is 13.8 Å². The van der Waals surface area contributed by atoms with Gasteiger partial charge in [-0.15, -0.1) is 0 Å². The van der Waals surface area contributed by atoms with Gasteiger partial charge in [0.05, 0.1) is 41.7 Å². The van der Waals surface area contributed by atoms with Gasteiger partial charge in [-0.2, -0.15) is 5.10 Å². The fourth-order valence-electron chi connectivity index (χ4n) is 2.11. The molecule has 0 bridgehead atoms. The van der Waals surface area contributed by atoms with E-state index in [0.717, 1.165) is 4.68 Å². The quantitative estimate of drug-likeness (QED) is 0.781. The number of hydrogen-bond donors (Lipinski definition) is 2. The lowest BCUT2D eigenvalue weighted by atomic mass is 10.0. The van der Waals surface area contributed by atoms with E-state index in [1.807, 2.05) is 0 Å². The molecule has 0 radical (unpaired) electrons. The Morgan fingerprint density at radius 3 is 2.78 bits per heavy atom. The summed E-state index contributed by atoms with van der Waals surface area (Å²) in [6.07, 6.45) is 1.21. The first-order valence-corrected chi connectivity index (χ1v) is 7.49. The van der Waals surface area contributed by atoms with Crippen molar-refractivity contribution in [3.05, 3.63) is 37.9 Å². The fraction of sp³-hybridized carbons (Fsp3) is 0.385. The van der Waals surface area contributed by atoms with Crippen molar-refractivity contribution >= 4 is 35.2 Å². The van der Waals surface area contributed by atoms with Crippen molar-refractivity contribution in [3.8, 4) is 0 Å². The molecule has 2 rings (SSSR count). The van der Waals surface area contributed by atoms with Crippen molar-refractivity contribution in [1.29, 1.82) is 0 Å². The molecule has 1 aliphatic rings. The van der Waals surface area contributed by atoms with Gasteiger partial charge in [0.25, 0.3) is 5.56 Å². The van der Waals surface area contributed by atoms with Crippen molar-refractivity contribution in [2.24, 2.45) is 0 Å². The highest BCUT2D eigenvalue weighted by Crippen LogP contribution is 2.17. The molecule has 0 aromatic carbocycles. The summed E-state index contributed by atoms with van der Waals surface area (Å²) in [4.78, 5) is 35.8. The largest absolute Gasteiger partial charge is 0.463 e. The lowest BCUT2D eigenvalue weighted by molar-refractivity contribution is -0.139. The monoisotopic (exact) mass is 360 g/mol. The van der Waals surface area contributed by atoms with E-state index in [-0.39, 0.29) is 34.5 Å². The molecule has 1 aliphatic heterocycles. The molecule has 2 amide bonds. The van der Waals surface area contributed by atoms with Crippen molar-refractivity contribution < 1.29 is 14.3 Å². The number of carbonyl (C=O) groups excluding carboxylic acids is 2. The fourth-order valence-corrected chi connectivity index (χ4v) is 2.38. The molecule has 2 heterocycles. The lowest BCUT2D eigenvalue weighted by Gasteiger charge is -2.26.